The SMILES string of the molecule is CC(C)COCCN1C(=O)C(CC(C)C)NC(=O)CC1C. The molecule has 1 aliphatic rings. The lowest BCUT2D eigenvalue weighted by atomic mass is 10.0. The summed E-state index contributed by atoms with van der Waals surface area (Å²) >= 11 is 0. The van der Waals surface area contributed by atoms with E-state index in [1.54, 1.807) is 4.90 Å². The normalized spacial score (nSPS) is 23.7. The van der Waals surface area contributed by atoms with Gasteiger partial charge in [0, 0.05) is 25.6 Å². The van der Waals surface area contributed by atoms with Crippen molar-refractivity contribution in [3.63, 3.8) is 0 Å². The van der Waals surface area contributed by atoms with Gasteiger partial charge in [-0.2, -0.15) is 0 Å². The van der Waals surface area contributed by atoms with Crippen molar-refractivity contribution in [1.82, 2.24) is 10.2 Å². The van der Waals surface area contributed by atoms with E-state index in [0.717, 1.165) is 0 Å². The quantitative estimate of drug-likeness (QED) is 0.729. The average Bonchev–Trinajstić information content (AvgIpc) is 2.44. The van der Waals surface area contributed by atoms with Gasteiger partial charge in [0.1, 0.15) is 6.04 Å². The number of rotatable bonds is 7. The number of nitrogens with zero attached hydrogens (tertiary/aromatic N) is 1. The van der Waals surface area contributed by atoms with Gasteiger partial charge in [0.25, 0.3) is 0 Å². The van der Waals surface area contributed by atoms with E-state index in [4.69, 9.17) is 4.74 Å². The van der Waals surface area contributed by atoms with Gasteiger partial charge in [-0.15, -0.1) is 0 Å². The molecular weight excluding hydrogens is 268 g/mol. The number of carbonyl (C=O) groups is 2. The minimum Gasteiger partial charge on any atom is -0.379 e. The summed E-state index contributed by atoms with van der Waals surface area (Å²) in [7, 11) is 0. The van der Waals surface area contributed by atoms with Gasteiger partial charge in [0.05, 0.1) is 6.61 Å². The van der Waals surface area contributed by atoms with Gasteiger partial charge in [-0.3, -0.25) is 9.59 Å². The van der Waals surface area contributed by atoms with Crippen molar-refractivity contribution in [1.29, 1.82) is 0 Å². The monoisotopic (exact) mass is 298 g/mol. The Morgan fingerprint density at radius 2 is 1.90 bits per heavy atom. The maximum absolute atomic E-state index is 12.6. The summed E-state index contributed by atoms with van der Waals surface area (Å²) in [5.41, 5.74) is 0. The zero-order valence-corrected chi connectivity index (χ0v) is 14.0. The van der Waals surface area contributed by atoms with E-state index in [9.17, 15) is 9.59 Å². The third-order valence-corrected chi connectivity index (χ3v) is 3.56. The molecule has 0 spiro atoms. The summed E-state index contributed by atoms with van der Waals surface area (Å²) in [5.74, 6) is 0.841. The molecule has 5 heteroatoms. The molecule has 21 heavy (non-hydrogen) atoms. The predicted octanol–water partition coefficient (Wildman–Crippen LogP) is 1.81. The maximum Gasteiger partial charge on any atom is 0.245 e. The van der Waals surface area contributed by atoms with Crippen molar-refractivity contribution in [2.75, 3.05) is 19.8 Å². The lowest BCUT2D eigenvalue weighted by Crippen LogP contribution is -2.48. The number of hydrogen-bond donors (Lipinski definition) is 1. The highest BCUT2D eigenvalue weighted by Gasteiger charge is 2.33. The van der Waals surface area contributed by atoms with Crippen LogP contribution in [0.2, 0.25) is 0 Å². The van der Waals surface area contributed by atoms with Crippen LogP contribution in [-0.2, 0) is 14.3 Å². The summed E-state index contributed by atoms with van der Waals surface area (Å²) in [4.78, 5) is 26.3. The van der Waals surface area contributed by atoms with Crippen LogP contribution in [0.25, 0.3) is 0 Å². The summed E-state index contributed by atoms with van der Waals surface area (Å²) < 4.78 is 5.58. The van der Waals surface area contributed by atoms with Crippen molar-refractivity contribution >= 4 is 11.8 Å². The first-order valence-electron chi connectivity index (χ1n) is 7.98. The Morgan fingerprint density at radius 1 is 1.24 bits per heavy atom. The molecule has 0 aromatic rings. The molecule has 1 N–H and O–H groups in total. The second-order valence-corrected chi connectivity index (χ2v) is 6.80. The second kappa shape index (κ2) is 8.37. The molecule has 1 fully saturated rings. The van der Waals surface area contributed by atoms with Gasteiger partial charge in [-0.05, 0) is 25.2 Å². The van der Waals surface area contributed by atoms with E-state index >= 15 is 0 Å². The molecule has 1 heterocycles. The first-order chi connectivity index (χ1) is 9.81. The number of amides is 2. The van der Waals surface area contributed by atoms with Crippen LogP contribution in [0.1, 0.15) is 47.5 Å². The molecule has 2 atom stereocenters. The zero-order valence-electron chi connectivity index (χ0n) is 14.0. The minimum absolute atomic E-state index is 0.0233. The van der Waals surface area contributed by atoms with Crippen LogP contribution in [0.3, 0.4) is 0 Å². The number of hydrogen-bond acceptors (Lipinski definition) is 3. The van der Waals surface area contributed by atoms with Crippen LogP contribution >= 0.6 is 0 Å². The van der Waals surface area contributed by atoms with E-state index in [2.05, 4.69) is 33.0 Å². The van der Waals surface area contributed by atoms with Crippen molar-refractivity contribution in [3.05, 3.63) is 0 Å². The third-order valence-electron chi connectivity index (χ3n) is 3.56. The number of ether oxygens (including phenoxy) is 1. The molecular formula is C16H30N2O3. The van der Waals surface area contributed by atoms with Gasteiger partial charge in [-0.25, -0.2) is 0 Å². The Kier molecular flexibility index (Phi) is 7.15. The molecule has 0 saturated carbocycles. The molecule has 5 nitrogen and oxygen atoms in total. The molecule has 0 aliphatic carbocycles. The third kappa shape index (κ3) is 6.04. The molecule has 1 rings (SSSR count). The average molecular weight is 298 g/mol. The van der Waals surface area contributed by atoms with Crippen LogP contribution in [0.4, 0.5) is 0 Å². The zero-order chi connectivity index (χ0) is 16.0. The van der Waals surface area contributed by atoms with Crippen molar-refractivity contribution in [2.24, 2.45) is 11.8 Å². The molecule has 0 aromatic carbocycles. The fourth-order valence-corrected chi connectivity index (χ4v) is 2.55. The van der Waals surface area contributed by atoms with Gasteiger partial charge in [0.15, 0.2) is 0 Å². The van der Waals surface area contributed by atoms with Crippen LogP contribution in [-0.4, -0.2) is 48.6 Å². The summed E-state index contributed by atoms with van der Waals surface area (Å²) in [6, 6.07) is -0.468. The van der Waals surface area contributed by atoms with Crippen LogP contribution in [0.15, 0.2) is 0 Å². The molecule has 1 aliphatic heterocycles. The highest BCUT2D eigenvalue weighted by atomic mass is 16.5. The highest BCUT2D eigenvalue weighted by Crippen LogP contribution is 2.16. The topological polar surface area (TPSA) is 58.6 Å². The summed E-state index contributed by atoms with van der Waals surface area (Å²) in [5, 5.41) is 2.86. The van der Waals surface area contributed by atoms with Gasteiger partial charge in [-0.1, -0.05) is 27.7 Å². The van der Waals surface area contributed by atoms with E-state index in [1.165, 1.54) is 0 Å². The maximum atomic E-state index is 12.6. The molecule has 0 bridgehead atoms. The Hall–Kier alpha value is -1.10. The van der Waals surface area contributed by atoms with Gasteiger partial charge in [0.2, 0.25) is 11.8 Å². The number of nitrogens with one attached hydrogen (secondary N) is 1. The molecule has 122 valence electrons. The van der Waals surface area contributed by atoms with E-state index in [0.29, 0.717) is 44.4 Å². The number of carbonyl (C=O) groups excluding carboxylic acids is 2. The second-order valence-electron chi connectivity index (χ2n) is 6.80. The molecule has 2 unspecified atom stereocenters. The first-order valence-corrected chi connectivity index (χ1v) is 7.98. The molecule has 0 radical (unpaired) electrons. The standard InChI is InChI=1S/C16H30N2O3/c1-11(2)8-14-16(20)18(6-7-21-10-12(3)4)13(5)9-15(19)17-14/h11-14H,6-10H2,1-5H3,(H,17,19). The molecule has 2 amide bonds. The van der Waals surface area contributed by atoms with Gasteiger partial charge < -0.3 is 15.0 Å². The van der Waals surface area contributed by atoms with E-state index in [-0.39, 0.29) is 17.9 Å². The van der Waals surface area contributed by atoms with Gasteiger partial charge >= 0.3 is 0 Å². The fourth-order valence-electron chi connectivity index (χ4n) is 2.55. The van der Waals surface area contributed by atoms with Crippen molar-refractivity contribution in [2.45, 2.75) is 59.5 Å². The lowest BCUT2D eigenvalue weighted by Gasteiger charge is -2.29. The molecule has 0 aromatic heterocycles. The largest absolute Gasteiger partial charge is 0.379 e. The fraction of sp³-hybridized carbons (Fsp3) is 0.875. The highest BCUT2D eigenvalue weighted by molar-refractivity contribution is 5.90. The summed E-state index contributed by atoms with van der Waals surface area (Å²) in [6.07, 6.45) is 1.05. The van der Waals surface area contributed by atoms with Crippen LogP contribution in [0.5, 0.6) is 0 Å². The van der Waals surface area contributed by atoms with E-state index in [1.807, 2.05) is 6.92 Å². The van der Waals surface area contributed by atoms with Crippen molar-refractivity contribution in [3.8, 4) is 0 Å². The first kappa shape index (κ1) is 18.0. The smallest absolute Gasteiger partial charge is 0.245 e. The van der Waals surface area contributed by atoms with Crippen LogP contribution in [0, 0.1) is 11.8 Å². The molecule has 1 saturated heterocycles. The minimum atomic E-state index is -0.396. The lowest BCUT2D eigenvalue weighted by molar-refractivity contribution is -0.136. The van der Waals surface area contributed by atoms with Crippen molar-refractivity contribution < 1.29 is 14.3 Å². The Bertz CT molecular complexity index is 355. The van der Waals surface area contributed by atoms with Crippen LogP contribution < -0.4 is 5.32 Å². The van der Waals surface area contributed by atoms with E-state index < -0.39 is 6.04 Å². The Morgan fingerprint density at radius 3 is 2.48 bits per heavy atom. The summed E-state index contributed by atoms with van der Waals surface area (Å²) in [6.45, 7) is 12.0. The Balaban J connectivity index is 2.64. The Labute approximate surface area is 128 Å². The predicted molar refractivity (Wildman–Crippen MR) is 82.8 cm³/mol.